The average Bonchev–Trinajstić information content (AvgIpc) is 3.13. The fourth-order valence-corrected chi connectivity index (χ4v) is 3.54. The molecule has 0 bridgehead atoms. The largest absolute Gasteiger partial charge is 0.369 e. The summed E-state index contributed by atoms with van der Waals surface area (Å²) < 4.78 is 28.8. The van der Waals surface area contributed by atoms with Crippen molar-refractivity contribution in [2.45, 2.75) is 18.7 Å². The van der Waals surface area contributed by atoms with Gasteiger partial charge in [-0.15, -0.1) is 0 Å². The van der Waals surface area contributed by atoms with E-state index in [1.165, 1.54) is 0 Å². The van der Waals surface area contributed by atoms with Crippen molar-refractivity contribution in [1.29, 1.82) is 0 Å². The second kappa shape index (κ2) is 7.63. The van der Waals surface area contributed by atoms with E-state index >= 15 is 0 Å². The molecule has 0 aliphatic heterocycles. The lowest BCUT2D eigenvalue weighted by molar-refractivity contribution is 0.582. The van der Waals surface area contributed by atoms with Gasteiger partial charge in [0.2, 0.25) is 10.0 Å². The van der Waals surface area contributed by atoms with Crippen molar-refractivity contribution in [2.75, 3.05) is 18.4 Å². The van der Waals surface area contributed by atoms with E-state index in [0.29, 0.717) is 24.0 Å². The normalized spacial score (nSPS) is 11.5. The molecule has 1 aromatic carbocycles. The third-order valence-electron chi connectivity index (χ3n) is 3.59. The molecule has 0 amide bonds. The maximum Gasteiger partial charge on any atom is 0.240 e. The van der Waals surface area contributed by atoms with Crippen LogP contribution in [0.5, 0.6) is 0 Å². The first kappa shape index (κ1) is 18.0. The van der Waals surface area contributed by atoms with Gasteiger partial charge in [-0.05, 0) is 37.6 Å². The minimum absolute atomic E-state index is 0.233. The fraction of sp³-hybridized carbons (Fsp3) is 0.235. The molecule has 0 fully saturated rings. The van der Waals surface area contributed by atoms with Gasteiger partial charge in [-0.3, -0.25) is 0 Å². The van der Waals surface area contributed by atoms with Gasteiger partial charge in [-0.1, -0.05) is 12.1 Å². The Morgan fingerprint density at radius 1 is 1.08 bits per heavy atom. The summed E-state index contributed by atoms with van der Waals surface area (Å²) in [7, 11) is -3.53. The SMILES string of the molecule is Cc1cccc(S(=O)(=O)NCCNc2cc(-n3cccn3)nc(C)n2)c1. The van der Waals surface area contributed by atoms with E-state index in [1.54, 1.807) is 48.3 Å². The van der Waals surface area contributed by atoms with Crippen molar-refractivity contribution in [3.63, 3.8) is 0 Å². The zero-order valence-electron chi connectivity index (χ0n) is 14.5. The fourth-order valence-electron chi connectivity index (χ4n) is 2.41. The number of sulfonamides is 1. The Morgan fingerprint density at radius 3 is 2.65 bits per heavy atom. The molecule has 3 rings (SSSR count). The predicted octanol–water partition coefficient (Wildman–Crippen LogP) is 1.67. The highest BCUT2D eigenvalue weighted by Crippen LogP contribution is 2.11. The third kappa shape index (κ3) is 4.44. The smallest absolute Gasteiger partial charge is 0.240 e. The van der Waals surface area contributed by atoms with Gasteiger partial charge in [0, 0.05) is 31.5 Å². The molecule has 0 radical (unpaired) electrons. The Balaban J connectivity index is 1.60. The molecular weight excluding hydrogens is 352 g/mol. The minimum atomic E-state index is -3.53. The van der Waals surface area contributed by atoms with Crippen LogP contribution in [0.1, 0.15) is 11.4 Å². The van der Waals surface area contributed by atoms with Gasteiger partial charge in [-0.2, -0.15) is 5.10 Å². The van der Waals surface area contributed by atoms with Gasteiger partial charge in [-0.25, -0.2) is 27.8 Å². The van der Waals surface area contributed by atoms with E-state index < -0.39 is 10.0 Å². The lowest BCUT2D eigenvalue weighted by Crippen LogP contribution is -2.29. The van der Waals surface area contributed by atoms with Crippen molar-refractivity contribution < 1.29 is 8.42 Å². The van der Waals surface area contributed by atoms with Gasteiger partial charge in [0.15, 0.2) is 5.82 Å². The summed E-state index contributed by atoms with van der Waals surface area (Å²) in [4.78, 5) is 8.90. The Morgan fingerprint density at radius 2 is 1.92 bits per heavy atom. The molecule has 0 unspecified atom stereocenters. The lowest BCUT2D eigenvalue weighted by Gasteiger charge is -2.10. The molecule has 9 heteroatoms. The first-order valence-electron chi connectivity index (χ1n) is 8.10. The van der Waals surface area contributed by atoms with E-state index in [-0.39, 0.29) is 11.4 Å². The summed E-state index contributed by atoms with van der Waals surface area (Å²) in [6, 6.07) is 10.4. The Hall–Kier alpha value is -2.78. The summed E-state index contributed by atoms with van der Waals surface area (Å²) in [5, 5.41) is 7.25. The molecule has 136 valence electrons. The summed E-state index contributed by atoms with van der Waals surface area (Å²) >= 11 is 0. The van der Waals surface area contributed by atoms with Crippen LogP contribution in [-0.4, -0.2) is 41.3 Å². The van der Waals surface area contributed by atoms with Crippen LogP contribution in [0, 0.1) is 13.8 Å². The number of hydrogen-bond acceptors (Lipinski definition) is 6. The Labute approximate surface area is 152 Å². The van der Waals surface area contributed by atoms with Crippen LogP contribution in [0.25, 0.3) is 5.82 Å². The summed E-state index contributed by atoms with van der Waals surface area (Å²) in [5.74, 6) is 1.85. The molecule has 2 N–H and O–H groups in total. The van der Waals surface area contributed by atoms with Gasteiger partial charge in [0.1, 0.15) is 11.6 Å². The number of anilines is 1. The maximum absolute atomic E-state index is 12.3. The standard InChI is InChI=1S/C17H20N6O2S/c1-13-5-3-6-15(11-13)26(24,25)20-9-8-18-16-12-17(22-14(2)21-16)23-10-4-7-19-23/h3-7,10-12,20H,8-9H2,1-2H3,(H,18,21,22). The van der Waals surface area contributed by atoms with E-state index in [9.17, 15) is 8.42 Å². The zero-order valence-corrected chi connectivity index (χ0v) is 15.4. The van der Waals surface area contributed by atoms with Crippen LogP contribution in [0.4, 0.5) is 5.82 Å². The molecule has 0 saturated carbocycles. The number of rotatable bonds is 7. The van der Waals surface area contributed by atoms with E-state index in [2.05, 4.69) is 25.1 Å². The van der Waals surface area contributed by atoms with Gasteiger partial charge in [0.05, 0.1) is 4.90 Å². The van der Waals surface area contributed by atoms with Gasteiger partial charge < -0.3 is 5.32 Å². The first-order valence-corrected chi connectivity index (χ1v) is 9.58. The van der Waals surface area contributed by atoms with Crippen molar-refractivity contribution in [1.82, 2.24) is 24.5 Å². The molecule has 0 aliphatic carbocycles. The van der Waals surface area contributed by atoms with E-state index in [4.69, 9.17) is 0 Å². The number of nitrogens with one attached hydrogen (secondary N) is 2. The number of aromatic nitrogens is 4. The second-order valence-electron chi connectivity index (χ2n) is 5.75. The number of hydrogen-bond donors (Lipinski definition) is 2. The number of nitrogens with zero attached hydrogens (tertiary/aromatic N) is 4. The van der Waals surface area contributed by atoms with Crippen LogP contribution in [-0.2, 0) is 10.0 Å². The van der Waals surface area contributed by atoms with Crippen molar-refractivity contribution in [2.24, 2.45) is 0 Å². The molecule has 3 aromatic rings. The van der Waals surface area contributed by atoms with Crippen LogP contribution >= 0.6 is 0 Å². The van der Waals surface area contributed by atoms with E-state index in [0.717, 1.165) is 5.56 Å². The first-order chi connectivity index (χ1) is 12.4. The van der Waals surface area contributed by atoms with Crippen LogP contribution < -0.4 is 10.0 Å². The average molecular weight is 372 g/mol. The molecule has 8 nitrogen and oxygen atoms in total. The molecule has 26 heavy (non-hydrogen) atoms. The maximum atomic E-state index is 12.3. The topological polar surface area (TPSA) is 102 Å². The van der Waals surface area contributed by atoms with Crippen LogP contribution in [0.3, 0.4) is 0 Å². The van der Waals surface area contributed by atoms with Crippen molar-refractivity contribution in [3.05, 3.63) is 60.2 Å². The van der Waals surface area contributed by atoms with Crippen molar-refractivity contribution >= 4 is 15.8 Å². The monoisotopic (exact) mass is 372 g/mol. The van der Waals surface area contributed by atoms with Gasteiger partial charge in [0.25, 0.3) is 0 Å². The highest BCUT2D eigenvalue weighted by Gasteiger charge is 2.13. The molecule has 0 atom stereocenters. The third-order valence-corrected chi connectivity index (χ3v) is 5.05. The highest BCUT2D eigenvalue weighted by molar-refractivity contribution is 7.89. The lowest BCUT2D eigenvalue weighted by atomic mass is 10.2. The molecular formula is C17H20N6O2S. The molecule has 0 aliphatic rings. The summed E-state index contributed by atoms with van der Waals surface area (Å²) in [6.07, 6.45) is 3.46. The van der Waals surface area contributed by atoms with Gasteiger partial charge >= 0.3 is 0 Å². The van der Waals surface area contributed by atoms with E-state index in [1.807, 2.05) is 19.1 Å². The van der Waals surface area contributed by atoms with Crippen LogP contribution in [0.2, 0.25) is 0 Å². The van der Waals surface area contributed by atoms with Crippen LogP contribution in [0.15, 0.2) is 53.7 Å². The molecule has 2 aromatic heterocycles. The minimum Gasteiger partial charge on any atom is -0.369 e. The highest BCUT2D eigenvalue weighted by atomic mass is 32.2. The summed E-state index contributed by atoms with van der Waals surface area (Å²) in [5.41, 5.74) is 0.897. The Kier molecular flexibility index (Phi) is 5.29. The zero-order chi connectivity index (χ0) is 18.6. The number of benzene rings is 1. The number of aryl methyl sites for hydroxylation is 2. The molecule has 0 saturated heterocycles. The second-order valence-corrected chi connectivity index (χ2v) is 7.52. The quantitative estimate of drug-likeness (QED) is 0.612. The molecule has 0 spiro atoms. The Bertz CT molecular complexity index is 986. The van der Waals surface area contributed by atoms with Crippen molar-refractivity contribution in [3.8, 4) is 5.82 Å². The molecule has 2 heterocycles. The summed E-state index contributed by atoms with van der Waals surface area (Å²) in [6.45, 7) is 4.27. The predicted molar refractivity (Wildman–Crippen MR) is 98.7 cm³/mol.